The summed E-state index contributed by atoms with van der Waals surface area (Å²) < 4.78 is 5.20. The summed E-state index contributed by atoms with van der Waals surface area (Å²) in [4.78, 5) is 2.54. The molecule has 1 aliphatic heterocycles. The number of rotatable bonds is 4. The average molecular weight is 299 g/mol. The molecule has 3 rings (SSSR count). The molecule has 110 valence electrons. The molecule has 1 aliphatic rings. The van der Waals surface area contributed by atoms with Gasteiger partial charge in [-0.15, -0.1) is 0 Å². The van der Waals surface area contributed by atoms with E-state index in [4.69, 9.17) is 4.74 Å². The van der Waals surface area contributed by atoms with Crippen LogP contribution in [-0.2, 0) is 0 Å². The first-order valence-electron chi connectivity index (χ1n) is 7.39. The van der Waals surface area contributed by atoms with Crippen LogP contribution in [0.2, 0.25) is 0 Å². The van der Waals surface area contributed by atoms with Crippen LogP contribution in [0.3, 0.4) is 0 Å². The third kappa shape index (κ3) is 3.42. The predicted molar refractivity (Wildman–Crippen MR) is 88.5 cm³/mol. The highest BCUT2D eigenvalue weighted by Crippen LogP contribution is 2.33. The Morgan fingerprint density at radius 1 is 1.10 bits per heavy atom. The zero-order valence-electron chi connectivity index (χ0n) is 12.6. The summed E-state index contributed by atoms with van der Waals surface area (Å²) in [6.45, 7) is 4.49. The quantitative estimate of drug-likeness (QED) is 0.913. The fourth-order valence-electron chi connectivity index (χ4n) is 2.87. The normalized spacial score (nSPS) is 17.9. The van der Waals surface area contributed by atoms with Crippen LogP contribution in [0, 0.1) is 6.92 Å². The lowest BCUT2D eigenvalue weighted by Gasteiger charge is -2.13. The van der Waals surface area contributed by atoms with E-state index in [0.29, 0.717) is 5.92 Å². The Bertz CT molecular complexity index is 603. The molecule has 0 radical (unpaired) electrons. The monoisotopic (exact) mass is 299 g/mol. The van der Waals surface area contributed by atoms with E-state index in [1.54, 1.807) is 18.9 Å². The van der Waals surface area contributed by atoms with Gasteiger partial charge in [0.25, 0.3) is 0 Å². The molecule has 0 spiro atoms. The minimum absolute atomic E-state index is 0.685. The van der Waals surface area contributed by atoms with Crippen LogP contribution in [0.1, 0.15) is 23.5 Å². The molecule has 0 aliphatic carbocycles. The molecule has 1 unspecified atom stereocenters. The van der Waals surface area contributed by atoms with Gasteiger partial charge in [-0.05, 0) is 73.3 Å². The van der Waals surface area contributed by atoms with Gasteiger partial charge in [-0.25, -0.2) is 0 Å². The third-order valence-electron chi connectivity index (χ3n) is 4.04. The molecule has 1 heterocycles. The van der Waals surface area contributed by atoms with Crippen molar-refractivity contribution in [2.24, 2.45) is 0 Å². The van der Waals surface area contributed by atoms with E-state index in [9.17, 15) is 0 Å². The molecular weight excluding hydrogens is 278 g/mol. The summed E-state index contributed by atoms with van der Waals surface area (Å²) in [6, 6.07) is 15.1. The van der Waals surface area contributed by atoms with Crippen molar-refractivity contribution < 1.29 is 4.74 Å². The van der Waals surface area contributed by atoms with Gasteiger partial charge in [0, 0.05) is 16.3 Å². The number of ether oxygens (including phenoxy) is 1. The first kappa shape index (κ1) is 14.5. The van der Waals surface area contributed by atoms with Gasteiger partial charge in [0.05, 0.1) is 7.11 Å². The lowest BCUT2D eigenvalue weighted by Crippen LogP contribution is -2.08. The number of nitrogens with one attached hydrogen (secondary N) is 1. The Labute approximate surface area is 130 Å². The molecule has 2 aromatic carbocycles. The van der Waals surface area contributed by atoms with E-state index < -0.39 is 0 Å². The number of hydrogen-bond donors (Lipinski definition) is 1. The van der Waals surface area contributed by atoms with E-state index in [1.165, 1.54) is 27.3 Å². The molecule has 0 bridgehead atoms. The van der Waals surface area contributed by atoms with Gasteiger partial charge in [0.15, 0.2) is 0 Å². The standard InChI is InChI=1S/C18H21NOS/c1-13-11-17(7-8-18(13)14-9-10-19-12-14)21-16-5-3-15(20-2)4-6-16/h3-8,11,14,19H,9-10,12H2,1-2H3. The fraction of sp³-hybridized carbons (Fsp3) is 0.333. The minimum atomic E-state index is 0.685. The molecule has 1 fully saturated rings. The van der Waals surface area contributed by atoms with Crippen molar-refractivity contribution in [3.05, 3.63) is 53.6 Å². The summed E-state index contributed by atoms with van der Waals surface area (Å²) in [7, 11) is 1.70. The molecule has 0 aromatic heterocycles. The maximum Gasteiger partial charge on any atom is 0.118 e. The Hall–Kier alpha value is -1.45. The van der Waals surface area contributed by atoms with Gasteiger partial charge in [0.2, 0.25) is 0 Å². The van der Waals surface area contributed by atoms with Crippen molar-refractivity contribution >= 4 is 11.8 Å². The van der Waals surface area contributed by atoms with Crippen molar-refractivity contribution in [1.29, 1.82) is 0 Å². The number of hydrogen-bond acceptors (Lipinski definition) is 3. The number of aryl methyl sites for hydroxylation is 1. The number of benzene rings is 2. The molecule has 21 heavy (non-hydrogen) atoms. The van der Waals surface area contributed by atoms with Crippen molar-refractivity contribution in [2.45, 2.75) is 29.1 Å². The lowest BCUT2D eigenvalue weighted by atomic mass is 9.94. The molecule has 0 saturated carbocycles. The summed E-state index contributed by atoms with van der Waals surface area (Å²) in [5, 5.41) is 3.45. The molecule has 2 nitrogen and oxygen atoms in total. The van der Waals surface area contributed by atoms with Crippen LogP contribution >= 0.6 is 11.8 Å². The molecule has 3 heteroatoms. The Kier molecular flexibility index (Phi) is 4.51. The van der Waals surface area contributed by atoms with E-state index >= 15 is 0 Å². The number of methoxy groups -OCH3 is 1. The molecule has 2 aromatic rings. The molecule has 1 atom stereocenters. The maximum absolute atomic E-state index is 5.20. The second-order valence-electron chi connectivity index (χ2n) is 5.49. The van der Waals surface area contributed by atoms with Crippen LogP contribution < -0.4 is 10.1 Å². The van der Waals surface area contributed by atoms with E-state index in [-0.39, 0.29) is 0 Å². The van der Waals surface area contributed by atoms with Gasteiger partial charge < -0.3 is 10.1 Å². The Balaban J connectivity index is 1.74. The highest BCUT2D eigenvalue weighted by atomic mass is 32.2. The van der Waals surface area contributed by atoms with E-state index in [2.05, 4.69) is 42.6 Å². The third-order valence-corrected chi connectivity index (χ3v) is 5.03. The van der Waals surface area contributed by atoms with Gasteiger partial charge in [-0.2, -0.15) is 0 Å². The zero-order valence-corrected chi connectivity index (χ0v) is 13.4. The smallest absolute Gasteiger partial charge is 0.118 e. The predicted octanol–water partition coefficient (Wildman–Crippen LogP) is 4.23. The molecular formula is C18H21NOS. The largest absolute Gasteiger partial charge is 0.497 e. The van der Waals surface area contributed by atoms with Gasteiger partial charge >= 0.3 is 0 Å². The van der Waals surface area contributed by atoms with Crippen LogP contribution in [0.5, 0.6) is 5.75 Å². The zero-order chi connectivity index (χ0) is 14.7. The topological polar surface area (TPSA) is 21.3 Å². The first-order chi connectivity index (χ1) is 10.3. The SMILES string of the molecule is COc1ccc(Sc2ccc(C3CCNC3)c(C)c2)cc1. The Morgan fingerprint density at radius 3 is 2.48 bits per heavy atom. The van der Waals surface area contributed by atoms with Gasteiger partial charge in [0.1, 0.15) is 5.75 Å². The highest BCUT2D eigenvalue weighted by molar-refractivity contribution is 7.99. The van der Waals surface area contributed by atoms with Crippen LogP contribution in [0.15, 0.2) is 52.3 Å². The molecule has 0 amide bonds. The van der Waals surface area contributed by atoms with Crippen molar-refractivity contribution in [2.75, 3.05) is 20.2 Å². The van der Waals surface area contributed by atoms with E-state index in [1.807, 2.05) is 12.1 Å². The average Bonchev–Trinajstić information content (AvgIpc) is 3.02. The van der Waals surface area contributed by atoms with Gasteiger partial charge in [-0.1, -0.05) is 17.8 Å². The Morgan fingerprint density at radius 2 is 1.86 bits per heavy atom. The van der Waals surface area contributed by atoms with Crippen molar-refractivity contribution in [3.8, 4) is 5.75 Å². The van der Waals surface area contributed by atoms with Gasteiger partial charge in [-0.3, -0.25) is 0 Å². The fourth-order valence-corrected chi connectivity index (χ4v) is 3.79. The van der Waals surface area contributed by atoms with Crippen LogP contribution in [0.25, 0.3) is 0 Å². The van der Waals surface area contributed by atoms with Crippen LogP contribution in [0.4, 0.5) is 0 Å². The maximum atomic E-state index is 5.20. The molecule has 1 N–H and O–H groups in total. The summed E-state index contributed by atoms with van der Waals surface area (Å²) in [6.07, 6.45) is 1.26. The summed E-state index contributed by atoms with van der Waals surface area (Å²) in [5.41, 5.74) is 2.90. The van der Waals surface area contributed by atoms with E-state index in [0.717, 1.165) is 18.8 Å². The van der Waals surface area contributed by atoms with Crippen molar-refractivity contribution in [1.82, 2.24) is 5.32 Å². The second kappa shape index (κ2) is 6.54. The first-order valence-corrected chi connectivity index (χ1v) is 8.21. The van der Waals surface area contributed by atoms with Crippen LogP contribution in [-0.4, -0.2) is 20.2 Å². The lowest BCUT2D eigenvalue weighted by molar-refractivity contribution is 0.414. The highest BCUT2D eigenvalue weighted by Gasteiger charge is 2.18. The minimum Gasteiger partial charge on any atom is -0.497 e. The summed E-state index contributed by atoms with van der Waals surface area (Å²) in [5.74, 6) is 1.59. The van der Waals surface area contributed by atoms with Crippen molar-refractivity contribution in [3.63, 3.8) is 0 Å². The molecule has 1 saturated heterocycles. The second-order valence-corrected chi connectivity index (χ2v) is 6.63. The summed E-state index contributed by atoms with van der Waals surface area (Å²) >= 11 is 1.80.